The fraction of sp³-hybridized carbons (Fsp3) is 0.333. The van der Waals surface area contributed by atoms with E-state index in [1.54, 1.807) is 13.2 Å². The molecule has 1 aromatic rings. The van der Waals surface area contributed by atoms with E-state index >= 15 is 0 Å². The molecule has 104 valence electrons. The monoisotopic (exact) mass is 267 g/mol. The minimum atomic E-state index is -0.616. The van der Waals surface area contributed by atoms with Gasteiger partial charge in [0.05, 0.1) is 12.3 Å². The molecule has 0 bridgehead atoms. The second kappa shape index (κ2) is 7.22. The quantitative estimate of drug-likeness (QED) is 0.455. The second-order valence-electron chi connectivity index (χ2n) is 3.76. The molecule has 1 rings (SSSR count). The van der Waals surface area contributed by atoms with Gasteiger partial charge in [-0.05, 0) is 18.2 Å². The Balaban J connectivity index is 2.71. The van der Waals surface area contributed by atoms with E-state index in [1.807, 2.05) is 0 Å². The third-order valence-electron chi connectivity index (χ3n) is 2.24. The van der Waals surface area contributed by atoms with Crippen molar-refractivity contribution < 1.29 is 19.1 Å². The summed E-state index contributed by atoms with van der Waals surface area (Å²) in [7, 11) is 1.55. The number of carbonyl (C=O) groups is 2. The Morgan fingerprint density at radius 2 is 2.11 bits per heavy atom. The molecule has 5 N–H and O–H groups in total. The van der Waals surface area contributed by atoms with Gasteiger partial charge in [-0.25, -0.2) is 0 Å². The molecule has 0 saturated carbocycles. The second-order valence-corrected chi connectivity index (χ2v) is 3.76. The number of ether oxygens (including phenoxy) is 2. The Bertz CT molecular complexity index is 462. The molecule has 0 saturated heterocycles. The van der Waals surface area contributed by atoms with Crippen molar-refractivity contribution in [1.82, 2.24) is 5.32 Å². The van der Waals surface area contributed by atoms with Gasteiger partial charge >= 0.3 is 0 Å². The van der Waals surface area contributed by atoms with Crippen LogP contribution in [0, 0.1) is 0 Å². The fourth-order valence-electron chi connectivity index (χ4n) is 1.32. The Morgan fingerprint density at radius 1 is 1.37 bits per heavy atom. The summed E-state index contributed by atoms with van der Waals surface area (Å²) in [6.07, 6.45) is 0. The molecule has 0 aliphatic carbocycles. The van der Waals surface area contributed by atoms with Crippen LogP contribution in [-0.4, -0.2) is 38.7 Å². The number of nitrogens with one attached hydrogen (secondary N) is 1. The zero-order valence-electron chi connectivity index (χ0n) is 10.6. The van der Waals surface area contributed by atoms with Gasteiger partial charge in [-0.1, -0.05) is 0 Å². The Labute approximate surface area is 110 Å². The van der Waals surface area contributed by atoms with Crippen molar-refractivity contribution in [2.45, 2.75) is 0 Å². The highest BCUT2D eigenvalue weighted by molar-refractivity contribution is 5.95. The summed E-state index contributed by atoms with van der Waals surface area (Å²) < 4.78 is 9.94. The molecule has 0 atom stereocenters. The largest absolute Gasteiger partial charge is 0.482 e. The minimum absolute atomic E-state index is 0.248. The first-order valence-electron chi connectivity index (χ1n) is 5.62. The van der Waals surface area contributed by atoms with Crippen LogP contribution in [0.5, 0.6) is 5.75 Å². The number of hydrogen-bond acceptors (Lipinski definition) is 5. The van der Waals surface area contributed by atoms with Gasteiger partial charge in [0.2, 0.25) is 0 Å². The standard InChI is InChI=1S/C12H17N3O4/c1-18-5-4-15-12(17)8-2-3-9(13)10(6-8)19-7-11(14)16/h2-3,6H,4-5,7,13H2,1H3,(H2,14,16)(H,15,17). The number of nitrogens with two attached hydrogens (primary N) is 2. The highest BCUT2D eigenvalue weighted by Gasteiger charge is 2.09. The van der Waals surface area contributed by atoms with Crippen molar-refractivity contribution in [2.24, 2.45) is 5.73 Å². The molecular weight excluding hydrogens is 250 g/mol. The molecule has 0 unspecified atom stereocenters. The van der Waals surface area contributed by atoms with E-state index in [0.29, 0.717) is 24.4 Å². The molecule has 7 nitrogen and oxygen atoms in total. The normalized spacial score (nSPS) is 9.95. The van der Waals surface area contributed by atoms with Crippen LogP contribution in [0.1, 0.15) is 10.4 Å². The van der Waals surface area contributed by atoms with Crippen LogP contribution in [0.4, 0.5) is 5.69 Å². The molecular formula is C12H17N3O4. The molecule has 2 amide bonds. The average molecular weight is 267 g/mol. The van der Waals surface area contributed by atoms with E-state index in [4.69, 9.17) is 20.9 Å². The van der Waals surface area contributed by atoms with Crippen LogP contribution in [0.25, 0.3) is 0 Å². The molecule has 7 heteroatoms. The first-order chi connectivity index (χ1) is 9.04. The van der Waals surface area contributed by atoms with Crippen molar-refractivity contribution >= 4 is 17.5 Å². The predicted molar refractivity (Wildman–Crippen MR) is 69.8 cm³/mol. The molecule has 0 fully saturated rings. The number of rotatable bonds is 7. The van der Waals surface area contributed by atoms with Gasteiger partial charge in [0.1, 0.15) is 5.75 Å². The van der Waals surface area contributed by atoms with Crippen molar-refractivity contribution in [3.63, 3.8) is 0 Å². The number of carbonyl (C=O) groups excluding carboxylic acids is 2. The number of amides is 2. The smallest absolute Gasteiger partial charge is 0.255 e. The summed E-state index contributed by atoms with van der Waals surface area (Å²) in [5, 5.41) is 2.66. The van der Waals surface area contributed by atoms with Gasteiger partial charge in [0.25, 0.3) is 11.8 Å². The van der Waals surface area contributed by atoms with E-state index in [-0.39, 0.29) is 18.3 Å². The summed E-state index contributed by atoms with van der Waals surface area (Å²) >= 11 is 0. The van der Waals surface area contributed by atoms with Crippen LogP contribution in [0.2, 0.25) is 0 Å². The van der Waals surface area contributed by atoms with Crippen LogP contribution in [0.3, 0.4) is 0 Å². The Kier molecular flexibility index (Phi) is 5.62. The molecule has 19 heavy (non-hydrogen) atoms. The van der Waals surface area contributed by atoms with E-state index in [9.17, 15) is 9.59 Å². The highest BCUT2D eigenvalue weighted by Crippen LogP contribution is 2.22. The Hall–Kier alpha value is -2.28. The third-order valence-corrected chi connectivity index (χ3v) is 2.24. The molecule has 0 aliphatic rings. The number of nitrogen functional groups attached to an aromatic ring is 1. The predicted octanol–water partition coefficient (Wildman–Crippen LogP) is -0.491. The number of primary amides is 1. The zero-order chi connectivity index (χ0) is 14.3. The number of hydrogen-bond donors (Lipinski definition) is 3. The molecule has 0 spiro atoms. The highest BCUT2D eigenvalue weighted by atomic mass is 16.5. The SMILES string of the molecule is COCCNC(=O)c1ccc(N)c(OCC(N)=O)c1. The number of anilines is 1. The van der Waals surface area contributed by atoms with Gasteiger partial charge in [-0.3, -0.25) is 9.59 Å². The lowest BCUT2D eigenvalue weighted by Crippen LogP contribution is -2.27. The summed E-state index contributed by atoms with van der Waals surface area (Å²) in [6.45, 7) is 0.530. The third kappa shape index (κ3) is 4.84. The number of benzene rings is 1. The average Bonchev–Trinajstić information content (AvgIpc) is 2.37. The summed E-state index contributed by atoms with van der Waals surface area (Å²) in [6, 6.07) is 4.55. The molecule has 0 aliphatic heterocycles. The van der Waals surface area contributed by atoms with Crippen LogP contribution in [0.15, 0.2) is 18.2 Å². The molecule has 0 heterocycles. The van der Waals surface area contributed by atoms with Crippen LogP contribution < -0.4 is 21.5 Å². The first kappa shape index (κ1) is 14.8. The molecule has 1 aromatic carbocycles. The molecule has 0 radical (unpaired) electrons. The fourth-order valence-corrected chi connectivity index (χ4v) is 1.32. The van der Waals surface area contributed by atoms with Crippen molar-refractivity contribution in [3.8, 4) is 5.75 Å². The van der Waals surface area contributed by atoms with Gasteiger partial charge < -0.3 is 26.3 Å². The van der Waals surface area contributed by atoms with E-state index in [1.165, 1.54) is 12.1 Å². The molecule has 0 aromatic heterocycles. The lowest BCUT2D eigenvalue weighted by atomic mass is 10.2. The van der Waals surface area contributed by atoms with Crippen molar-refractivity contribution in [1.29, 1.82) is 0 Å². The lowest BCUT2D eigenvalue weighted by Gasteiger charge is -2.09. The maximum absolute atomic E-state index is 11.8. The Morgan fingerprint density at radius 3 is 2.74 bits per heavy atom. The summed E-state index contributed by atoms with van der Waals surface area (Å²) in [5.74, 6) is -0.645. The van der Waals surface area contributed by atoms with Gasteiger partial charge in [0.15, 0.2) is 6.61 Å². The lowest BCUT2D eigenvalue weighted by molar-refractivity contribution is -0.119. The van der Waals surface area contributed by atoms with E-state index in [2.05, 4.69) is 5.32 Å². The van der Waals surface area contributed by atoms with Gasteiger partial charge in [-0.2, -0.15) is 0 Å². The maximum Gasteiger partial charge on any atom is 0.255 e. The minimum Gasteiger partial charge on any atom is -0.482 e. The van der Waals surface area contributed by atoms with Crippen molar-refractivity contribution in [2.75, 3.05) is 32.6 Å². The maximum atomic E-state index is 11.8. The van der Waals surface area contributed by atoms with Crippen LogP contribution in [-0.2, 0) is 9.53 Å². The van der Waals surface area contributed by atoms with Gasteiger partial charge in [-0.15, -0.1) is 0 Å². The van der Waals surface area contributed by atoms with Crippen LogP contribution >= 0.6 is 0 Å². The van der Waals surface area contributed by atoms with E-state index in [0.717, 1.165) is 0 Å². The topological polar surface area (TPSA) is 117 Å². The van der Waals surface area contributed by atoms with E-state index < -0.39 is 5.91 Å². The summed E-state index contributed by atoms with van der Waals surface area (Å²) in [5.41, 5.74) is 11.3. The van der Waals surface area contributed by atoms with Crippen molar-refractivity contribution in [3.05, 3.63) is 23.8 Å². The summed E-state index contributed by atoms with van der Waals surface area (Å²) in [4.78, 5) is 22.4. The number of methoxy groups -OCH3 is 1. The van der Waals surface area contributed by atoms with Gasteiger partial charge in [0, 0.05) is 19.2 Å². The first-order valence-corrected chi connectivity index (χ1v) is 5.62. The zero-order valence-corrected chi connectivity index (χ0v) is 10.6.